The number of aromatic carboxylic acids is 1. The lowest BCUT2D eigenvalue weighted by Gasteiger charge is -2.43. The van der Waals surface area contributed by atoms with E-state index in [1.54, 1.807) is 52.5 Å². The van der Waals surface area contributed by atoms with E-state index in [0.29, 0.717) is 131 Å². The van der Waals surface area contributed by atoms with Crippen molar-refractivity contribution in [3.05, 3.63) is 88.4 Å². The Bertz CT molecular complexity index is 5050. The predicted molar refractivity (Wildman–Crippen MR) is 506 cm³/mol. The van der Waals surface area contributed by atoms with E-state index in [1.807, 2.05) is 59.1 Å². The maximum Gasteiger partial charge on any atom is 0.336 e. The van der Waals surface area contributed by atoms with Crippen LogP contribution in [0.25, 0.3) is 0 Å². The van der Waals surface area contributed by atoms with E-state index in [2.05, 4.69) is 134 Å². The summed E-state index contributed by atoms with van der Waals surface area (Å²) >= 11 is 0. The van der Waals surface area contributed by atoms with Crippen molar-refractivity contribution in [2.75, 3.05) is 127 Å². The molecular weight excluding hydrogens is 1640 g/mol. The number of hydrogen-bond donors (Lipinski definition) is 7. The molecule has 3 unspecified atom stereocenters. The second-order valence-corrected chi connectivity index (χ2v) is 42.1. The number of nitrogens with zero attached hydrogens (tertiary/aromatic N) is 15. The molecule has 698 valence electrons. The van der Waals surface area contributed by atoms with Gasteiger partial charge in [0.2, 0.25) is 35.6 Å². The minimum atomic E-state index is -0.973. The molecular formula is C99H137N21O10. The minimum absolute atomic E-state index is 0.0158. The van der Waals surface area contributed by atoms with Crippen LogP contribution < -0.4 is 75.9 Å². The van der Waals surface area contributed by atoms with Gasteiger partial charge in [-0.25, -0.2) is 19.7 Å². The smallest absolute Gasteiger partial charge is 0.336 e. The van der Waals surface area contributed by atoms with Crippen molar-refractivity contribution in [3.8, 4) is 17.2 Å². The highest BCUT2D eigenvalue weighted by atomic mass is 16.5. The maximum absolute atomic E-state index is 13.6. The molecule has 31 heteroatoms. The minimum Gasteiger partial charge on any atom is -0.485 e. The van der Waals surface area contributed by atoms with Crippen LogP contribution in [-0.4, -0.2) is 238 Å². The molecule has 6 aromatic rings. The Morgan fingerprint density at radius 3 is 0.962 bits per heavy atom. The largest absolute Gasteiger partial charge is 0.485 e. The number of hydrogen-bond acceptors (Lipinski definition) is 25. The van der Waals surface area contributed by atoms with Gasteiger partial charge in [0.05, 0.1) is 41.2 Å². The number of nitrogens with two attached hydrogens (primary N) is 1. The third kappa shape index (κ3) is 17.7. The summed E-state index contributed by atoms with van der Waals surface area (Å²) in [6.45, 7) is 25.4. The molecule has 21 rings (SSSR count). The first kappa shape index (κ1) is 90.3. The van der Waals surface area contributed by atoms with Crippen LogP contribution in [0.3, 0.4) is 0 Å². The summed E-state index contributed by atoms with van der Waals surface area (Å²) in [5.41, 5.74) is 12.9. The first-order valence-electron chi connectivity index (χ1n) is 48.5. The zero-order valence-electron chi connectivity index (χ0n) is 79.0. The Labute approximate surface area is 765 Å². The molecule has 8 N–H and O–H groups in total. The van der Waals surface area contributed by atoms with Crippen LogP contribution in [-0.2, 0) is 33.6 Å². The Morgan fingerprint density at radius 1 is 0.415 bits per heavy atom. The van der Waals surface area contributed by atoms with Crippen LogP contribution in [0.1, 0.15) is 245 Å². The number of carbonyl (C=O) groups is 6. The number of anilines is 12. The number of nitrogens with one attached hydrogen (secondary N) is 5. The third-order valence-electron chi connectivity index (χ3n) is 30.9. The van der Waals surface area contributed by atoms with Gasteiger partial charge in [-0.15, -0.1) is 0 Å². The van der Waals surface area contributed by atoms with E-state index in [0.717, 1.165) is 179 Å². The van der Waals surface area contributed by atoms with Crippen LogP contribution in [0.2, 0.25) is 0 Å². The standard InChI is InChI=1S/2C33H45N7O3.C25H31N5O4.C8H16N2/c2*1-6-26-31(42)39(5)27-16-34-32(37-29(27)40(26)22-9-7-8-10-22)36-25-12-11-23(24-15-33(2,3)43-28(24)25)30(41)35-21-13-19-17-38(4)18-20(19)14-21;1-5-18-22(31)29(4)19-13-26-24(28-21(19)30(18)14-8-6-7-9-14)27-17-11-10-15(23(32)33)16-12-25(2,3)34-20(16)17;1-10-4-6-2-8(9)3-7(6)5-10/h2*11-12,16,19-22,26H,6-10,13-15,17-18H2,1-5H3,(H,35,41)(H,34,36,37);10-11,13-14,18H,5-9,12H2,1-4H3,(H,32,33)(H,26,27,28);6-8H,2-5,9H2,1H3/t2*19-,20+,21?,26-;18-;6-,7+,8?/m111./s1. The van der Waals surface area contributed by atoms with Gasteiger partial charge in [0, 0.05) is 144 Å². The number of aromatic nitrogens is 6. The first-order chi connectivity index (χ1) is 62.2. The van der Waals surface area contributed by atoms with Crippen LogP contribution in [0.5, 0.6) is 17.2 Å². The maximum atomic E-state index is 13.6. The average molecular weight is 1780 g/mol. The van der Waals surface area contributed by atoms with Gasteiger partial charge in [0.15, 0.2) is 17.5 Å². The van der Waals surface area contributed by atoms with Crippen molar-refractivity contribution < 1.29 is 48.1 Å². The molecule has 9 fully saturated rings. The highest BCUT2D eigenvalue weighted by Crippen LogP contribution is 2.51. The molecule has 5 amide bonds. The lowest BCUT2D eigenvalue weighted by molar-refractivity contribution is -0.120. The van der Waals surface area contributed by atoms with E-state index < -0.39 is 22.8 Å². The SMILES string of the molecule is CC[C@@H]1C(=O)N(C)c2cnc(Nc3ccc(C(=O)NC4C[C@@H]5CN(C)C[C@@H]5C4)c4c3OC(C)(C)C4)nc2N1C1CCCC1.CC[C@@H]1C(=O)N(C)c2cnc(Nc3ccc(C(=O)NC4C[C@@H]5CN(C)C[C@@H]5C4)c4c3OC(C)(C)C4)nc2N1C1CCCC1.CC[C@@H]1C(=O)N(C)c2cnc(Nc3ccc(C(=O)O)c4c3OC(C)(C)C4)nc2N1C1CCCC1.CN1C[C@H]2CC(N)C[C@H]2C1. The van der Waals surface area contributed by atoms with Crippen molar-refractivity contribution in [3.63, 3.8) is 0 Å². The number of likely N-dealkylation sites (N-methyl/N-ethyl adjacent to an activating group) is 3. The van der Waals surface area contributed by atoms with Gasteiger partial charge < -0.3 is 95.7 Å². The number of carboxylic acid groups (broad SMARTS) is 1. The van der Waals surface area contributed by atoms with Gasteiger partial charge in [-0.3, -0.25) is 24.0 Å². The second-order valence-electron chi connectivity index (χ2n) is 42.1. The fourth-order valence-electron chi connectivity index (χ4n) is 25.0. The lowest BCUT2D eigenvalue weighted by Crippen LogP contribution is -2.55. The number of benzene rings is 3. The topological polar surface area (TPSA) is 343 Å². The van der Waals surface area contributed by atoms with E-state index in [4.69, 9.17) is 34.9 Å². The van der Waals surface area contributed by atoms with Crippen molar-refractivity contribution in [1.82, 2.24) is 55.2 Å². The predicted octanol–water partition coefficient (Wildman–Crippen LogP) is 13.4. The van der Waals surface area contributed by atoms with E-state index in [9.17, 15) is 33.9 Å². The van der Waals surface area contributed by atoms with E-state index >= 15 is 0 Å². The number of carboxylic acids is 1. The van der Waals surface area contributed by atoms with Crippen molar-refractivity contribution >= 4 is 105 Å². The van der Waals surface area contributed by atoms with Crippen LogP contribution in [0.4, 0.5) is 69.4 Å². The quantitative estimate of drug-likeness (QED) is 0.0446. The Hall–Kier alpha value is -10.2. The number of carbonyl (C=O) groups excluding carboxylic acids is 5. The highest BCUT2D eigenvalue weighted by Gasteiger charge is 2.50. The van der Waals surface area contributed by atoms with Gasteiger partial charge in [0.1, 0.15) is 69.2 Å². The Morgan fingerprint density at radius 2 is 0.685 bits per heavy atom. The molecule has 3 aromatic heterocycles. The molecule has 12 atom stereocenters. The van der Waals surface area contributed by atoms with E-state index in [1.165, 1.54) is 51.6 Å². The zero-order chi connectivity index (χ0) is 91.4. The van der Waals surface area contributed by atoms with Crippen molar-refractivity contribution in [2.45, 2.75) is 288 Å². The first-order valence-corrected chi connectivity index (χ1v) is 48.5. The normalized spacial score (nSPS) is 27.8. The fraction of sp³-hybridized carbons (Fsp3) is 0.636. The molecule has 15 aliphatic rings. The fourth-order valence-corrected chi connectivity index (χ4v) is 25.0. The molecule has 0 bridgehead atoms. The third-order valence-corrected chi connectivity index (χ3v) is 30.9. The molecule has 9 aliphatic heterocycles. The van der Waals surface area contributed by atoms with Crippen molar-refractivity contribution in [2.24, 2.45) is 41.2 Å². The lowest BCUT2D eigenvalue weighted by atomic mass is 9.96. The number of rotatable bonds is 17. The number of likely N-dealkylation sites (tertiary alicyclic amines) is 3. The Kier molecular flexibility index (Phi) is 25.0. The summed E-state index contributed by atoms with van der Waals surface area (Å²) < 4.78 is 19.0. The molecule has 31 nitrogen and oxygen atoms in total. The summed E-state index contributed by atoms with van der Waals surface area (Å²) in [7, 11) is 12.0. The van der Waals surface area contributed by atoms with Gasteiger partial charge in [0.25, 0.3) is 11.8 Å². The van der Waals surface area contributed by atoms with Crippen LogP contribution in [0.15, 0.2) is 55.0 Å². The highest BCUT2D eigenvalue weighted by molar-refractivity contribution is 6.07. The Balaban J connectivity index is 0.000000125. The molecule has 12 heterocycles. The van der Waals surface area contributed by atoms with Gasteiger partial charge in [-0.05, 0) is 231 Å². The molecule has 3 aromatic carbocycles. The number of ether oxygens (including phenoxy) is 3. The van der Waals surface area contributed by atoms with Gasteiger partial charge in [-0.1, -0.05) is 59.3 Å². The zero-order valence-corrected chi connectivity index (χ0v) is 79.0. The summed E-state index contributed by atoms with van der Waals surface area (Å²) in [6.07, 6.45) is 29.3. The summed E-state index contributed by atoms with van der Waals surface area (Å²) in [5.74, 6) is 9.43. The summed E-state index contributed by atoms with van der Waals surface area (Å²) in [4.78, 5) is 126. The van der Waals surface area contributed by atoms with E-state index in [-0.39, 0.29) is 71.4 Å². The summed E-state index contributed by atoms with van der Waals surface area (Å²) in [5, 5.41) is 26.4. The van der Waals surface area contributed by atoms with Gasteiger partial charge in [-0.2, -0.15) is 15.0 Å². The van der Waals surface area contributed by atoms with Crippen LogP contribution in [0, 0.1) is 35.5 Å². The van der Waals surface area contributed by atoms with Crippen LogP contribution >= 0.6 is 0 Å². The number of amides is 5. The van der Waals surface area contributed by atoms with Gasteiger partial charge >= 0.3 is 5.97 Å². The molecule has 0 radical (unpaired) electrons. The molecule has 6 saturated carbocycles. The molecule has 6 aliphatic carbocycles. The second kappa shape index (κ2) is 36.0. The monoisotopic (exact) mass is 1780 g/mol. The molecule has 0 spiro atoms. The molecule has 3 saturated heterocycles. The summed E-state index contributed by atoms with van der Waals surface area (Å²) in [6, 6.07) is 12.1. The molecule has 130 heavy (non-hydrogen) atoms. The number of fused-ring (bicyclic) bond motifs is 9. The average Bonchev–Trinajstić information content (AvgIpc) is 1.74. The van der Waals surface area contributed by atoms with Crippen molar-refractivity contribution in [1.29, 1.82) is 0 Å².